The summed E-state index contributed by atoms with van der Waals surface area (Å²) in [5.74, 6) is -0.765. The molecule has 0 radical (unpaired) electrons. The van der Waals surface area contributed by atoms with Gasteiger partial charge in [-0.05, 0) is 11.8 Å². The van der Waals surface area contributed by atoms with Crippen molar-refractivity contribution in [3.05, 3.63) is 29.4 Å². The minimum Gasteiger partial charge on any atom is -0.336 e. The van der Waals surface area contributed by atoms with Gasteiger partial charge >= 0.3 is 0 Å². The van der Waals surface area contributed by atoms with Crippen LogP contribution in [0.25, 0.3) is 0 Å². The molecule has 2 aromatic rings. The molecule has 0 bridgehead atoms. The van der Waals surface area contributed by atoms with E-state index >= 15 is 0 Å². The topological polar surface area (TPSA) is 69.6 Å². The van der Waals surface area contributed by atoms with E-state index in [2.05, 4.69) is 15.2 Å². The maximum Gasteiger partial charge on any atom is 0.252 e. The van der Waals surface area contributed by atoms with Crippen LogP contribution < -0.4 is 5.84 Å². The van der Waals surface area contributed by atoms with Crippen molar-refractivity contribution >= 4 is 11.8 Å². The fraction of sp³-hybridized carbons (Fsp3) is 0.222. The Morgan fingerprint density at radius 1 is 1.11 bits per heavy atom. The highest BCUT2D eigenvalue weighted by Crippen LogP contribution is 2.32. The molecular weight excluding hydrogens is 286 g/mol. The molecule has 2 heterocycles. The van der Waals surface area contributed by atoms with Gasteiger partial charge in [0.25, 0.3) is 11.9 Å². The third-order valence-electron chi connectivity index (χ3n) is 2.20. The molecule has 0 spiro atoms. The normalized spacial score (nSPS) is 11.0. The molecule has 0 aliphatic carbocycles. The SMILES string of the molecule is CCc1nnc(Sc2c(F)c(F)nc(F)c2F)n1N. The van der Waals surface area contributed by atoms with Crippen LogP contribution in [0.1, 0.15) is 12.7 Å². The zero-order chi connectivity index (χ0) is 14.2. The summed E-state index contributed by atoms with van der Waals surface area (Å²) in [4.78, 5) is 1.54. The molecule has 2 rings (SSSR count). The minimum absolute atomic E-state index is 0.0975. The molecule has 0 amide bonds. The van der Waals surface area contributed by atoms with Gasteiger partial charge in [0.2, 0.25) is 5.16 Å². The fourth-order valence-electron chi connectivity index (χ4n) is 1.27. The summed E-state index contributed by atoms with van der Waals surface area (Å²) >= 11 is 0.326. The highest BCUT2D eigenvalue weighted by atomic mass is 32.2. The summed E-state index contributed by atoms with van der Waals surface area (Å²) in [6.07, 6.45) is 0.439. The van der Waals surface area contributed by atoms with E-state index in [1.807, 2.05) is 0 Å². The summed E-state index contributed by atoms with van der Waals surface area (Å²) < 4.78 is 53.6. The summed E-state index contributed by atoms with van der Waals surface area (Å²) in [6.45, 7) is 1.74. The molecule has 10 heteroatoms. The summed E-state index contributed by atoms with van der Waals surface area (Å²) in [6, 6.07) is 0. The van der Waals surface area contributed by atoms with Crippen LogP contribution in [-0.4, -0.2) is 19.9 Å². The van der Waals surface area contributed by atoms with Crippen molar-refractivity contribution in [1.29, 1.82) is 0 Å². The van der Waals surface area contributed by atoms with Crippen LogP contribution in [0, 0.1) is 23.5 Å². The molecule has 2 N–H and O–H groups in total. The Morgan fingerprint density at radius 3 is 2.16 bits per heavy atom. The number of aryl methyl sites for hydroxylation is 1. The van der Waals surface area contributed by atoms with Gasteiger partial charge < -0.3 is 5.84 Å². The minimum atomic E-state index is -1.74. The van der Waals surface area contributed by atoms with E-state index < -0.39 is 28.4 Å². The molecule has 2 aromatic heterocycles. The van der Waals surface area contributed by atoms with Crippen LogP contribution in [0.3, 0.4) is 0 Å². The highest BCUT2D eigenvalue weighted by Gasteiger charge is 2.23. The van der Waals surface area contributed by atoms with Gasteiger partial charge in [0.05, 0.1) is 4.90 Å². The van der Waals surface area contributed by atoms with Gasteiger partial charge in [-0.2, -0.15) is 13.8 Å². The number of hydrogen-bond acceptors (Lipinski definition) is 5. The largest absolute Gasteiger partial charge is 0.336 e. The van der Waals surface area contributed by atoms with E-state index in [4.69, 9.17) is 5.84 Å². The third-order valence-corrected chi connectivity index (χ3v) is 3.23. The lowest BCUT2D eigenvalue weighted by Gasteiger charge is -2.05. The molecule has 0 aliphatic rings. The molecule has 0 aliphatic heterocycles. The zero-order valence-electron chi connectivity index (χ0n) is 9.49. The number of nitrogens with zero attached hydrogens (tertiary/aromatic N) is 4. The molecule has 0 saturated carbocycles. The van der Waals surface area contributed by atoms with E-state index in [0.29, 0.717) is 24.0 Å². The second-order valence-corrected chi connectivity index (χ2v) is 4.35. The molecule has 5 nitrogen and oxygen atoms in total. The molecule has 102 valence electrons. The molecule has 0 atom stereocenters. The van der Waals surface area contributed by atoms with Crippen molar-refractivity contribution in [1.82, 2.24) is 19.9 Å². The van der Waals surface area contributed by atoms with Crippen LogP contribution in [-0.2, 0) is 6.42 Å². The Morgan fingerprint density at radius 2 is 1.68 bits per heavy atom. The quantitative estimate of drug-likeness (QED) is 0.529. The summed E-state index contributed by atoms with van der Waals surface area (Å²) in [7, 11) is 0. The van der Waals surface area contributed by atoms with E-state index in [9.17, 15) is 17.6 Å². The first-order chi connectivity index (χ1) is 8.95. The van der Waals surface area contributed by atoms with E-state index in [1.165, 1.54) is 0 Å². The first-order valence-electron chi connectivity index (χ1n) is 5.02. The van der Waals surface area contributed by atoms with Crippen LogP contribution in [0.5, 0.6) is 0 Å². The van der Waals surface area contributed by atoms with Gasteiger partial charge in [-0.3, -0.25) is 0 Å². The lowest BCUT2D eigenvalue weighted by Crippen LogP contribution is -2.13. The van der Waals surface area contributed by atoms with Gasteiger partial charge in [-0.25, -0.2) is 13.5 Å². The van der Waals surface area contributed by atoms with Crippen LogP contribution in [0.4, 0.5) is 17.6 Å². The van der Waals surface area contributed by atoms with Gasteiger partial charge in [-0.1, -0.05) is 6.92 Å². The van der Waals surface area contributed by atoms with Crippen molar-refractivity contribution in [3.8, 4) is 0 Å². The molecule has 19 heavy (non-hydrogen) atoms. The average molecular weight is 293 g/mol. The Hall–Kier alpha value is -1.84. The number of hydrogen-bond donors (Lipinski definition) is 1. The monoisotopic (exact) mass is 293 g/mol. The molecule has 0 unspecified atom stereocenters. The highest BCUT2D eigenvalue weighted by molar-refractivity contribution is 7.99. The second-order valence-electron chi connectivity index (χ2n) is 3.37. The summed E-state index contributed by atoms with van der Waals surface area (Å²) in [5.41, 5.74) is 0. The Bertz CT molecular complexity index is 603. The summed E-state index contributed by atoms with van der Waals surface area (Å²) in [5, 5.41) is 7.13. The van der Waals surface area contributed by atoms with E-state index in [-0.39, 0.29) is 5.16 Å². The molecule has 0 aromatic carbocycles. The molecule has 0 fully saturated rings. The van der Waals surface area contributed by atoms with Gasteiger partial charge in [0, 0.05) is 6.42 Å². The zero-order valence-corrected chi connectivity index (χ0v) is 10.3. The first-order valence-corrected chi connectivity index (χ1v) is 5.84. The van der Waals surface area contributed by atoms with Gasteiger partial charge in [-0.15, -0.1) is 10.2 Å². The average Bonchev–Trinajstić information content (AvgIpc) is 2.73. The predicted octanol–water partition coefficient (Wildman–Crippen LogP) is 1.66. The standard InChI is InChI=1S/C9H7F4N5S/c1-2-3-16-17-9(18(3)14)19-6-4(10)7(12)15-8(13)5(6)11/h2,14H2,1H3. The number of halogens is 4. The third kappa shape index (κ3) is 2.35. The first kappa shape index (κ1) is 13.6. The van der Waals surface area contributed by atoms with Crippen molar-refractivity contribution < 1.29 is 17.6 Å². The maximum atomic E-state index is 13.4. The van der Waals surface area contributed by atoms with Crippen molar-refractivity contribution in [2.45, 2.75) is 23.4 Å². The number of aromatic nitrogens is 4. The van der Waals surface area contributed by atoms with Gasteiger partial charge in [0.15, 0.2) is 17.5 Å². The van der Waals surface area contributed by atoms with Crippen LogP contribution >= 0.6 is 11.8 Å². The Labute approximate surface area is 108 Å². The smallest absolute Gasteiger partial charge is 0.252 e. The Kier molecular flexibility index (Phi) is 3.60. The number of pyridine rings is 1. The Balaban J connectivity index is 2.46. The van der Waals surface area contributed by atoms with Gasteiger partial charge in [0.1, 0.15) is 0 Å². The maximum absolute atomic E-state index is 13.4. The molecular formula is C9H7F4N5S. The van der Waals surface area contributed by atoms with Crippen molar-refractivity contribution in [3.63, 3.8) is 0 Å². The van der Waals surface area contributed by atoms with Crippen LogP contribution in [0.2, 0.25) is 0 Å². The van der Waals surface area contributed by atoms with Crippen molar-refractivity contribution in [2.75, 3.05) is 5.84 Å². The van der Waals surface area contributed by atoms with E-state index in [1.54, 1.807) is 6.92 Å². The second kappa shape index (κ2) is 5.03. The molecule has 0 saturated heterocycles. The van der Waals surface area contributed by atoms with Crippen molar-refractivity contribution in [2.24, 2.45) is 0 Å². The number of rotatable bonds is 3. The fourth-order valence-corrected chi connectivity index (χ4v) is 2.08. The van der Waals surface area contributed by atoms with E-state index in [0.717, 1.165) is 4.68 Å². The predicted molar refractivity (Wildman–Crippen MR) is 57.7 cm³/mol. The lowest BCUT2D eigenvalue weighted by molar-refractivity contribution is 0.383. The lowest BCUT2D eigenvalue weighted by atomic mass is 10.4. The number of nitrogens with two attached hydrogens (primary N) is 1. The number of nitrogen functional groups attached to an aromatic ring is 1. The van der Waals surface area contributed by atoms with Crippen LogP contribution in [0.15, 0.2) is 10.1 Å².